The van der Waals surface area contributed by atoms with E-state index in [0.29, 0.717) is 10.0 Å². The molecule has 0 fully saturated rings. The highest BCUT2D eigenvalue weighted by Crippen LogP contribution is 2.25. The molecular weight excluding hydrogens is 229 g/mol. The van der Waals surface area contributed by atoms with E-state index in [9.17, 15) is 0 Å². The molecule has 15 heavy (non-hydrogen) atoms. The van der Waals surface area contributed by atoms with E-state index in [-0.39, 0.29) is 6.04 Å². The Kier molecular flexibility index (Phi) is 5.16. The molecule has 1 atom stereocenters. The van der Waals surface area contributed by atoms with Crippen LogP contribution >= 0.6 is 23.2 Å². The summed E-state index contributed by atoms with van der Waals surface area (Å²) in [4.78, 5) is 0. The Hall–Kier alpha value is -0.500. The summed E-state index contributed by atoms with van der Waals surface area (Å²) in [7, 11) is 0. The lowest BCUT2D eigenvalue weighted by Crippen LogP contribution is -2.20. The second-order valence-electron chi connectivity index (χ2n) is 3.34. The van der Waals surface area contributed by atoms with Crippen LogP contribution < -0.4 is 5.32 Å². The summed E-state index contributed by atoms with van der Waals surface area (Å²) in [5, 5.41) is 4.53. The quantitative estimate of drug-likeness (QED) is 0.764. The van der Waals surface area contributed by atoms with Gasteiger partial charge in [-0.3, -0.25) is 0 Å². The van der Waals surface area contributed by atoms with Crippen LogP contribution in [0.5, 0.6) is 0 Å². The zero-order valence-corrected chi connectivity index (χ0v) is 10.3. The highest BCUT2D eigenvalue weighted by Gasteiger charge is 2.07. The Balaban J connectivity index is 2.82. The molecule has 1 nitrogen and oxygen atoms in total. The van der Waals surface area contributed by atoms with Gasteiger partial charge in [0.2, 0.25) is 0 Å². The maximum absolute atomic E-state index is 5.95. The van der Waals surface area contributed by atoms with Crippen molar-refractivity contribution in [3.63, 3.8) is 0 Å². The van der Waals surface area contributed by atoms with Crippen molar-refractivity contribution in [2.75, 3.05) is 6.54 Å². The average molecular weight is 244 g/mol. The van der Waals surface area contributed by atoms with Gasteiger partial charge in [0.15, 0.2) is 0 Å². The maximum Gasteiger partial charge on any atom is 0.0595 e. The fraction of sp³-hybridized carbons (Fsp3) is 0.333. The molecule has 1 N–H and O–H groups in total. The molecule has 1 aromatic rings. The molecule has 0 saturated heterocycles. The van der Waals surface area contributed by atoms with Crippen molar-refractivity contribution < 1.29 is 0 Å². The first-order valence-electron chi connectivity index (χ1n) is 5.00. The molecule has 0 spiro atoms. The maximum atomic E-state index is 5.95. The molecule has 0 bridgehead atoms. The second kappa shape index (κ2) is 6.16. The van der Waals surface area contributed by atoms with Gasteiger partial charge in [-0.2, -0.15) is 0 Å². The van der Waals surface area contributed by atoms with E-state index in [4.69, 9.17) is 23.2 Å². The summed E-state index contributed by atoms with van der Waals surface area (Å²) in [6, 6.07) is 5.78. The summed E-state index contributed by atoms with van der Waals surface area (Å²) in [6.45, 7) is 6.89. The minimum atomic E-state index is 0.139. The van der Waals surface area contributed by atoms with E-state index in [1.165, 1.54) is 0 Å². The van der Waals surface area contributed by atoms with Gasteiger partial charge in [-0.25, -0.2) is 0 Å². The van der Waals surface area contributed by atoms with Gasteiger partial charge in [0.1, 0.15) is 0 Å². The van der Waals surface area contributed by atoms with Crippen molar-refractivity contribution in [3.8, 4) is 0 Å². The van der Waals surface area contributed by atoms with Crippen molar-refractivity contribution in [2.45, 2.75) is 19.4 Å². The van der Waals surface area contributed by atoms with Gasteiger partial charge in [0, 0.05) is 0 Å². The minimum absolute atomic E-state index is 0.139. The molecule has 0 aliphatic rings. The van der Waals surface area contributed by atoms with E-state index in [1.807, 2.05) is 24.3 Å². The number of nitrogens with one attached hydrogen (secondary N) is 1. The van der Waals surface area contributed by atoms with E-state index in [1.54, 1.807) is 0 Å². The molecule has 0 radical (unpaired) electrons. The van der Waals surface area contributed by atoms with Crippen LogP contribution in [0.1, 0.15) is 24.9 Å². The van der Waals surface area contributed by atoms with Crippen LogP contribution in [0, 0.1) is 0 Å². The highest BCUT2D eigenvalue weighted by molar-refractivity contribution is 6.42. The summed E-state index contributed by atoms with van der Waals surface area (Å²) in [5.74, 6) is 0. The van der Waals surface area contributed by atoms with Crippen LogP contribution in [0.15, 0.2) is 30.9 Å². The largest absolute Gasteiger partial charge is 0.307 e. The summed E-state index contributed by atoms with van der Waals surface area (Å²) in [5.41, 5.74) is 1.09. The molecular formula is C12H15Cl2N. The van der Waals surface area contributed by atoms with Gasteiger partial charge in [-0.05, 0) is 30.7 Å². The Morgan fingerprint density at radius 2 is 2.13 bits per heavy atom. The molecule has 1 unspecified atom stereocenters. The monoisotopic (exact) mass is 243 g/mol. The van der Waals surface area contributed by atoms with E-state index in [0.717, 1.165) is 18.5 Å². The van der Waals surface area contributed by atoms with Crippen molar-refractivity contribution in [2.24, 2.45) is 0 Å². The number of benzene rings is 1. The van der Waals surface area contributed by atoms with E-state index < -0.39 is 0 Å². The first kappa shape index (κ1) is 12.6. The third kappa shape index (κ3) is 3.53. The van der Waals surface area contributed by atoms with E-state index in [2.05, 4.69) is 18.8 Å². The first-order chi connectivity index (χ1) is 7.19. The predicted molar refractivity (Wildman–Crippen MR) is 67.7 cm³/mol. The van der Waals surface area contributed by atoms with Crippen LogP contribution in [0.4, 0.5) is 0 Å². The van der Waals surface area contributed by atoms with Crippen molar-refractivity contribution in [1.29, 1.82) is 0 Å². The Labute approximate surface area is 101 Å². The van der Waals surface area contributed by atoms with Crippen LogP contribution in [0.2, 0.25) is 10.0 Å². The molecule has 3 heteroatoms. The standard InChI is InChI=1S/C12H15Cl2N/c1-3-7-15-12(4-2)9-5-6-10(13)11(14)8-9/h4-6,8,12,15H,2-3,7H2,1H3. The fourth-order valence-corrected chi connectivity index (χ4v) is 1.65. The normalized spacial score (nSPS) is 12.5. The zero-order chi connectivity index (χ0) is 11.3. The Bertz CT molecular complexity index is 336. The third-order valence-electron chi connectivity index (χ3n) is 2.15. The van der Waals surface area contributed by atoms with Crippen molar-refractivity contribution in [3.05, 3.63) is 46.5 Å². The molecule has 1 rings (SSSR count). The second-order valence-corrected chi connectivity index (χ2v) is 4.16. The van der Waals surface area contributed by atoms with E-state index >= 15 is 0 Å². The van der Waals surface area contributed by atoms with Gasteiger partial charge in [-0.15, -0.1) is 6.58 Å². The Morgan fingerprint density at radius 1 is 1.40 bits per heavy atom. The molecule has 0 heterocycles. The van der Waals surface area contributed by atoms with Gasteiger partial charge in [-0.1, -0.05) is 42.3 Å². The summed E-state index contributed by atoms with van der Waals surface area (Å²) >= 11 is 11.8. The predicted octanol–water partition coefficient (Wildman–Crippen LogP) is 4.22. The summed E-state index contributed by atoms with van der Waals surface area (Å²) < 4.78 is 0. The SMILES string of the molecule is C=CC(NCCC)c1ccc(Cl)c(Cl)c1. The molecule has 0 aliphatic carbocycles. The van der Waals surface area contributed by atoms with Crippen LogP contribution in [0.3, 0.4) is 0 Å². The average Bonchev–Trinajstić information content (AvgIpc) is 2.24. The molecule has 82 valence electrons. The smallest absolute Gasteiger partial charge is 0.0595 e. The topological polar surface area (TPSA) is 12.0 Å². The lowest BCUT2D eigenvalue weighted by Gasteiger charge is -2.15. The first-order valence-corrected chi connectivity index (χ1v) is 5.75. The van der Waals surface area contributed by atoms with Gasteiger partial charge >= 0.3 is 0 Å². The lowest BCUT2D eigenvalue weighted by atomic mass is 10.1. The Morgan fingerprint density at radius 3 is 2.67 bits per heavy atom. The van der Waals surface area contributed by atoms with Gasteiger partial charge in [0.25, 0.3) is 0 Å². The van der Waals surface area contributed by atoms with Crippen LogP contribution in [0.25, 0.3) is 0 Å². The lowest BCUT2D eigenvalue weighted by molar-refractivity contribution is 0.613. The number of hydrogen-bond acceptors (Lipinski definition) is 1. The van der Waals surface area contributed by atoms with Crippen LogP contribution in [-0.4, -0.2) is 6.54 Å². The molecule has 0 amide bonds. The van der Waals surface area contributed by atoms with Gasteiger partial charge in [0.05, 0.1) is 16.1 Å². The zero-order valence-electron chi connectivity index (χ0n) is 8.76. The highest BCUT2D eigenvalue weighted by atomic mass is 35.5. The summed E-state index contributed by atoms with van der Waals surface area (Å²) in [6.07, 6.45) is 2.96. The molecule has 1 aromatic carbocycles. The van der Waals surface area contributed by atoms with Crippen LogP contribution in [-0.2, 0) is 0 Å². The number of halogens is 2. The molecule has 0 aliphatic heterocycles. The fourth-order valence-electron chi connectivity index (χ4n) is 1.34. The number of rotatable bonds is 5. The third-order valence-corrected chi connectivity index (χ3v) is 2.89. The number of hydrogen-bond donors (Lipinski definition) is 1. The molecule has 0 saturated carbocycles. The molecule has 0 aromatic heterocycles. The van der Waals surface area contributed by atoms with Crippen molar-refractivity contribution >= 4 is 23.2 Å². The van der Waals surface area contributed by atoms with Crippen molar-refractivity contribution in [1.82, 2.24) is 5.32 Å². The minimum Gasteiger partial charge on any atom is -0.307 e. The van der Waals surface area contributed by atoms with Gasteiger partial charge < -0.3 is 5.32 Å².